The molecule has 0 aliphatic heterocycles. The summed E-state index contributed by atoms with van der Waals surface area (Å²) >= 11 is 0. The molecule has 0 fully saturated rings. The zero-order valence-corrected chi connectivity index (χ0v) is 23.3. The predicted octanol–water partition coefficient (Wildman–Crippen LogP) is 3.07. The molecule has 6 N–H and O–H groups in total. The number of rotatable bonds is 9. The van der Waals surface area contributed by atoms with Gasteiger partial charge in [0.25, 0.3) is 0 Å². The normalized spacial score (nSPS) is 12.9. The highest BCUT2D eigenvalue weighted by Gasteiger charge is 2.32. The molecule has 0 radical (unpaired) electrons. The monoisotopic (exact) mass is 585 g/mol. The summed E-state index contributed by atoms with van der Waals surface area (Å²) < 4.78 is 5.65. The molecule has 43 heavy (non-hydrogen) atoms. The van der Waals surface area contributed by atoms with Crippen LogP contribution in [0.15, 0.2) is 27.3 Å². The average molecular weight is 586 g/mol. The average Bonchev–Trinajstić information content (AvgIpc) is 3.11. The number of carbonyl (C=O) groups is 2. The molecule has 5 aromatic carbocycles. The Bertz CT molecular complexity index is 2180. The highest BCUT2D eigenvalue weighted by molar-refractivity contribution is 6.38. The molecule has 220 valence electrons. The van der Waals surface area contributed by atoms with E-state index in [1.165, 1.54) is 19.2 Å². The molecule has 1 aliphatic carbocycles. The third-order valence-corrected chi connectivity index (χ3v) is 8.32. The van der Waals surface area contributed by atoms with Gasteiger partial charge in [0.15, 0.2) is 22.4 Å². The van der Waals surface area contributed by atoms with Crippen molar-refractivity contribution in [3.63, 3.8) is 0 Å². The number of nitrogens with one attached hydrogen (secondary N) is 1. The lowest BCUT2D eigenvalue weighted by Gasteiger charge is -2.25. The van der Waals surface area contributed by atoms with Crippen LogP contribution in [-0.2, 0) is 35.6 Å². The van der Waals surface area contributed by atoms with Crippen LogP contribution in [0, 0.1) is 0 Å². The van der Waals surface area contributed by atoms with Gasteiger partial charge in [-0.15, -0.1) is 0 Å². The van der Waals surface area contributed by atoms with Gasteiger partial charge in [0.1, 0.15) is 6.54 Å². The van der Waals surface area contributed by atoms with E-state index in [0.29, 0.717) is 49.0 Å². The number of carboxylic acid groups (broad SMARTS) is 2. The Morgan fingerprint density at radius 3 is 2.02 bits per heavy atom. The van der Waals surface area contributed by atoms with Gasteiger partial charge >= 0.3 is 11.9 Å². The van der Waals surface area contributed by atoms with Crippen molar-refractivity contribution in [1.29, 1.82) is 0 Å². The molecule has 0 bridgehead atoms. The highest BCUT2D eigenvalue weighted by atomic mass is 16.5. The maximum Gasteiger partial charge on any atom is 0.322 e. The number of benzene rings is 5. The molecule has 0 unspecified atom stereocenters. The Morgan fingerprint density at radius 1 is 0.860 bits per heavy atom. The van der Waals surface area contributed by atoms with Crippen LogP contribution in [0.4, 0.5) is 5.69 Å². The van der Waals surface area contributed by atoms with Gasteiger partial charge in [-0.25, -0.2) is 0 Å². The Kier molecular flexibility index (Phi) is 6.59. The summed E-state index contributed by atoms with van der Waals surface area (Å²) in [6.45, 7) is 0.140. The number of phenols is 1. The third kappa shape index (κ3) is 3.96. The van der Waals surface area contributed by atoms with Gasteiger partial charge in [-0.2, -0.15) is 0 Å². The quantitative estimate of drug-likeness (QED) is 0.110. The van der Waals surface area contributed by atoms with Crippen molar-refractivity contribution in [2.24, 2.45) is 0 Å². The van der Waals surface area contributed by atoms with Gasteiger partial charge in [0.05, 0.1) is 36.8 Å². The number of allylic oxidation sites excluding steroid dienone is 1. The molecular formula is C32H27NO10. The smallest absolute Gasteiger partial charge is 0.322 e. The first-order valence-corrected chi connectivity index (χ1v) is 13.5. The fourth-order valence-corrected chi connectivity index (χ4v) is 6.83. The van der Waals surface area contributed by atoms with Crippen molar-refractivity contribution >= 4 is 66.8 Å². The van der Waals surface area contributed by atoms with Gasteiger partial charge in [-0.3, -0.25) is 19.2 Å². The van der Waals surface area contributed by atoms with Crippen molar-refractivity contribution in [2.75, 3.05) is 19.0 Å². The van der Waals surface area contributed by atoms with Gasteiger partial charge in [-0.05, 0) is 75.7 Å². The van der Waals surface area contributed by atoms with Crippen molar-refractivity contribution in [1.82, 2.24) is 0 Å². The number of aliphatic hydroxyl groups is 2. The van der Waals surface area contributed by atoms with Gasteiger partial charge in [0.2, 0.25) is 0 Å². The zero-order valence-electron chi connectivity index (χ0n) is 23.3. The van der Waals surface area contributed by atoms with Gasteiger partial charge < -0.3 is 35.6 Å². The van der Waals surface area contributed by atoms with E-state index in [-0.39, 0.29) is 58.3 Å². The van der Waals surface area contributed by atoms with Gasteiger partial charge in [-0.1, -0.05) is 11.6 Å². The Hall–Kier alpha value is -5.00. The highest BCUT2D eigenvalue weighted by Crippen LogP contribution is 2.53. The largest absolute Gasteiger partial charge is 0.504 e. The number of aliphatic carboxylic acids is 2. The molecule has 0 saturated carbocycles. The summed E-state index contributed by atoms with van der Waals surface area (Å²) in [6.07, 6.45) is 1.71. The van der Waals surface area contributed by atoms with E-state index in [1.54, 1.807) is 0 Å². The summed E-state index contributed by atoms with van der Waals surface area (Å²) in [5, 5.41) is 56.8. The molecule has 0 atom stereocenters. The fourth-order valence-electron chi connectivity index (χ4n) is 6.83. The second-order valence-corrected chi connectivity index (χ2v) is 10.8. The third-order valence-electron chi connectivity index (χ3n) is 8.32. The van der Waals surface area contributed by atoms with Crippen molar-refractivity contribution in [3.05, 3.63) is 66.0 Å². The molecule has 0 amide bonds. The first kappa shape index (κ1) is 28.1. The van der Waals surface area contributed by atoms with Crippen LogP contribution in [0.25, 0.3) is 49.2 Å². The molecule has 5 aromatic rings. The van der Waals surface area contributed by atoms with E-state index < -0.39 is 42.6 Å². The summed E-state index contributed by atoms with van der Waals surface area (Å²) in [7, 11) is 1.37. The lowest BCUT2D eigenvalue weighted by molar-refractivity contribution is -0.137. The molecule has 1 aliphatic rings. The van der Waals surface area contributed by atoms with Gasteiger partial charge in [0, 0.05) is 22.8 Å². The topological polar surface area (TPSA) is 191 Å². The Balaban J connectivity index is 2.07. The number of methoxy groups -OCH3 is 1. The number of aromatic hydroxyl groups is 1. The number of fused-ring (bicyclic) bond motifs is 1. The number of anilines is 1. The van der Waals surface area contributed by atoms with Crippen LogP contribution in [0.1, 0.15) is 41.2 Å². The summed E-state index contributed by atoms with van der Waals surface area (Å²) in [6, 6.07) is 2.43. The number of phenolic OH excluding ortho intramolecular Hbond substituents is 1. The lowest BCUT2D eigenvalue weighted by Crippen LogP contribution is -2.18. The molecule has 11 nitrogen and oxygen atoms in total. The molecule has 0 saturated heterocycles. The maximum atomic E-state index is 13.9. The van der Waals surface area contributed by atoms with E-state index >= 15 is 0 Å². The van der Waals surface area contributed by atoms with Crippen LogP contribution < -0.4 is 20.9 Å². The molecule has 0 spiro atoms. The zero-order chi connectivity index (χ0) is 30.9. The summed E-state index contributed by atoms with van der Waals surface area (Å²) in [4.78, 5) is 50.8. The molecule has 11 heteroatoms. The SMILES string of the molecule is COc1c(O)c2c(=O)cc(CO)c3c4c(CO)cc(=O)c5c(NCC(=O)O)c(CCC(=O)O)c6c(c(c1CC(C)=C6)c23)c54. The fraction of sp³-hybridized carbons (Fsp3) is 0.250. The number of hydrogen-bond donors (Lipinski definition) is 6. The van der Waals surface area contributed by atoms with Crippen LogP contribution in [0.5, 0.6) is 11.5 Å². The van der Waals surface area contributed by atoms with Crippen molar-refractivity contribution in [2.45, 2.75) is 39.4 Å². The number of hydrogen-bond acceptors (Lipinski definition) is 9. The second-order valence-electron chi connectivity index (χ2n) is 10.8. The van der Waals surface area contributed by atoms with E-state index in [2.05, 4.69) is 5.32 Å². The van der Waals surface area contributed by atoms with Crippen LogP contribution in [0.2, 0.25) is 0 Å². The number of ether oxygens (including phenoxy) is 1. The van der Waals surface area contributed by atoms with Crippen LogP contribution >= 0.6 is 0 Å². The standard InChI is InChI=1S/C32H27NO10/c1-12-5-16-15(3-4-20(38)39)30(33-9-21(40)41)26-18(36)7-13(10-34)22-23-14(11-35)8-19(37)27-29(23)25(24(16)28(22)26)17(6-12)32(43-2)31(27)42/h5,7-8,33-35,42H,3-4,6,9-11H2,1-2H3,(H,38,39)(H,40,41). The first-order valence-electron chi connectivity index (χ1n) is 13.5. The molecular weight excluding hydrogens is 558 g/mol. The van der Waals surface area contributed by atoms with Crippen molar-refractivity contribution in [3.8, 4) is 11.5 Å². The minimum atomic E-state index is -1.20. The van der Waals surface area contributed by atoms with E-state index in [0.717, 1.165) is 5.57 Å². The molecule has 6 rings (SSSR count). The summed E-state index contributed by atoms with van der Waals surface area (Å²) in [5.41, 5.74) is 1.74. The Morgan fingerprint density at radius 2 is 1.47 bits per heavy atom. The minimum absolute atomic E-state index is 0.0534. The predicted molar refractivity (Wildman–Crippen MR) is 161 cm³/mol. The molecule has 0 aromatic heterocycles. The van der Waals surface area contributed by atoms with Crippen molar-refractivity contribution < 1.29 is 39.9 Å². The maximum absolute atomic E-state index is 13.9. The summed E-state index contributed by atoms with van der Waals surface area (Å²) in [5.74, 6) is -2.60. The first-order chi connectivity index (χ1) is 20.5. The van der Waals surface area contributed by atoms with Crippen LogP contribution in [-0.4, -0.2) is 51.1 Å². The van der Waals surface area contributed by atoms with E-state index in [1.807, 2.05) is 13.0 Å². The van der Waals surface area contributed by atoms with E-state index in [4.69, 9.17) is 4.74 Å². The number of carboxylic acids is 2. The van der Waals surface area contributed by atoms with E-state index in [9.17, 15) is 44.7 Å². The van der Waals surface area contributed by atoms with Crippen LogP contribution in [0.3, 0.4) is 0 Å². The molecule has 0 heterocycles. The Labute approximate surface area is 242 Å². The second kappa shape index (κ2) is 10.1. The number of aliphatic hydroxyl groups excluding tert-OH is 2. The lowest BCUT2D eigenvalue weighted by atomic mass is 9.80. The minimum Gasteiger partial charge on any atom is -0.504 e.